The molecule has 0 aliphatic carbocycles. The summed E-state index contributed by atoms with van der Waals surface area (Å²) in [4.78, 5) is 21.8. The van der Waals surface area contributed by atoms with Gasteiger partial charge in [-0.25, -0.2) is 0 Å². The molecule has 0 saturated heterocycles. The molecule has 2 aliphatic heterocycles. The highest BCUT2D eigenvalue weighted by Gasteiger charge is 2.27. The molecule has 2 aromatic carbocycles. The van der Waals surface area contributed by atoms with E-state index in [1.54, 1.807) is 0 Å². The van der Waals surface area contributed by atoms with Gasteiger partial charge in [0.05, 0.1) is 19.6 Å². The molecule has 0 fully saturated rings. The second kappa shape index (κ2) is 8.62. The first-order valence-electron chi connectivity index (χ1n) is 10.3. The fourth-order valence-electron chi connectivity index (χ4n) is 3.98. The van der Waals surface area contributed by atoms with Crippen LogP contribution in [0.1, 0.15) is 28.7 Å². The van der Waals surface area contributed by atoms with Crippen molar-refractivity contribution in [3.63, 3.8) is 0 Å². The summed E-state index contributed by atoms with van der Waals surface area (Å²) in [5, 5.41) is 3.30. The molecular formula is C24H28N4O. The maximum absolute atomic E-state index is 13.2. The van der Waals surface area contributed by atoms with Crippen LogP contribution >= 0.6 is 0 Å². The molecule has 2 aromatic rings. The highest BCUT2D eigenvalue weighted by molar-refractivity contribution is 6.00. The lowest BCUT2D eigenvalue weighted by Crippen LogP contribution is -2.37. The molecule has 5 heteroatoms. The first-order valence-corrected chi connectivity index (χ1v) is 10.3. The summed E-state index contributed by atoms with van der Waals surface area (Å²) in [6, 6.07) is 14.6. The van der Waals surface area contributed by atoms with E-state index < -0.39 is 0 Å². The largest absolute Gasteiger partial charge is 0.368 e. The van der Waals surface area contributed by atoms with E-state index >= 15 is 0 Å². The van der Waals surface area contributed by atoms with E-state index in [1.165, 1.54) is 11.1 Å². The third-order valence-electron chi connectivity index (χ3n) is 5.61. The highest BCUT2D eigenvalue weighted by atomic mass is 16.2. The summed E-state index contributed by atoms with van der Waals surface area (Å²) in [6.07, 6.45) is 2.80. The van der Waals surface area contributed by atoms with Crippen molar-refractivity contribution in [3.05, 3.63) is 77.4 Å². The molecule has 4 rings (SSSR count). The van der Waals surface area contributed by atoms with Gasteiger partial charge in [0.2, 0.25) is 5.91 Å². The Balaban J connectivity index is 1.60. The van der Waals surface area contributed by atoms with Crippen LogP contribution in [-0.2, 0) is 17.9 Å². The number of aliphatic imine (C=N–C) groups is 1. The number of hydrogen-bond donors (Lipinski definition) is 1. The fraction of sp³-hybridized carbons (Fsp3) is 0.333. The zero-order valence-electron chi connectivity index (χ0n) is 17.0. The fourth-order valence-corrected chi connectivity index (χ4v) is 3.98. The van der Waals surface area contributed by atoms with E-state index in [-0.39, 0.29) is 5.91 Å². The Morgan fingerprint density at radius 1 is 1.17 bits per heavy atom. The summed E-state index contributed by atoms with van der Waals surface area (Å²) in [7, 11) is 0. The molecule has 0 aromatic heterocycles. The van der Waals surface area contributed by atoms with Crippen LogP contribution in [-0.4, -0.2) is 42.8 Å². The average Bonchev–Trinajstić information content (AvgIpc) is 3.22. The second-order valence-corrected chi connectivity index (χ2v) is 7.69. The first-order chi connectivity index (χ1) is 14.2. The van der Waals surface area contributed by atoms with Gasteiger partial charge in [0.25, 0.3) is 0 Å². The molecule has 2 aliphatic rings. The van der Waals surface area contributed by atoms with Gasteiger partial charge in [-0.2, -0.15) is 0 Å². The van der Waals surface area contributed by atoms with Crippen LogP contribution in [0.5, 0.6) is 0 Å². The topological polar surface area (TPSA) is 47.9 Å². The molecule has 0 unspecified atom stereocenters. The summed E-state index contributed by atoms with van der Waals surface area (Å²) in [5.41, 5.74) is 5.71. The number of rotatable bonds is 6. The number of carbonyl (C=O) groups is 1. The number of nitrogens with zero attached hydrogens (tertiary/aromatic N) is 3. The van der Waals surface area contributed by atoms with Crippen molar-refractivity contribution in [2.24, 2.45) is 4.99 Å². The molecule has 1 N–H and O–H groups in total. The summed E-state index contributed by atoms with van der Waals surface area (Å²) >= 11 is 0. The van der Waals surface area contributed by atoms with Gasteiger partial charge in [-0.15, -0.1) is 6.58 Å². The predicted octanol–water partition coefficient (Wildman–Crippen LogP) is 3.27. The summed E-state index contributed by atoms with van der Waals surface area (Å²) < 4.78 is 0. The van der Waals surface area contributed by atoms with Gasteiger partial charge >= 0.3 is 0 Å². The normalized spacial score (nSPS) is 16.8. The monoisotopic (exact) mass is 388 g/mol. The number of anilines is 1. The van der Waals surface area contributed by atoms with E-state index in [0.717, 1.165) is 55.2 Å². The number of amidine groups is 1. The van der Waals surface area contributed by atoms with Crippen molar-refractivity contribution in [3.8, 4) is 0 Å². The Morgan fingerprint density at radius 3 is 2.72 bits per heavy atom. The first kappa shape index (κ1) is 19.4. The van der Waals surface area contributed by atoms with E-state index in [4.69, 9.17) is 0 Å². The lowest BCUT2D eigenvalue weighted by Gasteiger charge is -2.24. The highest BCUT2D eigenvalue weighted by Crippen LogP contribution is 2.30. The number of carbonyl (C=O) groups excluding carboxylic acids is 1. The average molecular weight is 389 g/mol. The summed E-state index contributed by atoms with van der Waals surface area (Å²) in [6.45, 7) is 10.3. The molecule has 1 amide bonds. The van der Waals surface area contributed by atoms with Gasteiger partial charge in [0.15, 0.2) is 0 Å². The Kier molecular flexibility index (Phi) is 5.76. The third-order valence-corrected chi connectivity index (χ3v) is 5.61. The molecule has 0 bridgehead atoms. The second-order valence-electron chi connectivity index (χ2n) is 7.69. The predicted molar refractivity (Wildman–Crippen MR) is 118 cm³/mol. The quantitative estimate of drug-likeness (QED) is 0.773. The van der Waals surface area contributed by atoms with Crippen LogP contribution in [0.4, 0.5) is 5.69 Å². The van der Waals surface area contributed by atoms with Crippen LogP contribution < -0.4 is 10.2 Å². The number of fused-ring (bicyclic) bond motifs is 1. The minimum Gasteiger partial charge on any atom is -0.368 e. The number of benzene rings is 2. The van der Waals surface area contributed by atoms with Crippen molar-refractivity contribution in [2.45, 2.75) is 26.4 Å². The van der Waals surface area contributed by atoms with E-state index in [9.17, 15) is 4.79 Å². The molecule has 0 atom stereocenters. The maximum Gasteiger partial charge on any atom is 0.241 e. The third kappa shape index (κ3) is 4.25. The Labute approximate surface area is 172 Å². The number of amides is 1. The van der Waals surface area contributed by atoms with Crippen LogP contribution in [0.25, 0.3) is 0 Å². The maximum atomic E-state index is 13.2. The number of hydrogen-bond acceptors (Lipinski definition) is 4. The van der Waals surface area contributed by atoms with Gasteiger partial charge in [0.1, 0.15) is 5.84 Å². The van der Waals surface area contributed by atoms with E-state index in [1.807, 2.05) is 17.0 Å². The smallest absolute Gasteiger partial charge is 0.241 e. The van der Waals surface area contributed by atoms with Crippen LogP contribution in [0, 0.1) is 6.92 Å². The standard InChI is InChI=1S/C24H28N4O/c1-3-4-14-27-16-21-18(2)6-5-7-22(21)28(23(29)17-27)15-19-8-10-20(11-9-19)24-25-12-13-26-24/h3,5-11H,1,4,12-17H2,2H3,(H,25,26). The zero-order valence-corrected chi connectivity index (χ0v) is 17.0. The van der Waals surface area contributed by atoms with Crippen molar-refractivity contribution in [1.29, 1.82) is 0 Å². The molecule has 150 valence electrons. The Bertz CT molecular complexity index is 932. The molecule has 29 heavy (non-hydrogen) atoms. The van der Waals surface area contributed by atoms with Crippen LogP contribution in [0.2, 0.25) is 0 Å². The molecule has 0 saturated carbocycles. The minimum absolute atomic E-state index is 0.143. The Hall–Kier alpha value is -2.92. The molecule has 5 nitrogen and oxygen atoms in total. The van der Waals surface area contributed by atoms with Crippen molar-refractivity contribution in [1.82, 2.24) is 10.2 Å². The molecule has 2 heterocycles. The molecular weight excluding hydrogens is 360 g/mol. The SMILES string of the molecule is C=CCCN1CC(=O)N(Cc2ccc(C3=NCCN3)cc2)c2cccc(C)c2C1. The molecule has 0 spiro atoms. The lowest BCUT2D eigenvalue weighted by molar-refractivity contribution is -0.119. The lowest BCUT2D eigenvalue weighted by atomic mass is 10.0. The van der Waals surface area contributed by atoms with Gasteiger partial charge in [-0.3, -0.25) is 14.7 Å². The van der Waals surface area contributed by atoms with E-state index in [0.29, 0.717) is 13.1 Å². The van der Waals surface area contributed by atoms with Gasteiger partial charge < -0.3 is 10.2 Å². The molecule has 0 radical (unpaired) electrons. The van der Waals surface area contributed by atoms with Gasteiger partial charge in [-0.05, 0) is 36.1 Å². The zero-order chi connectivity index (χ0) is 20.2. The van der Waals surface area contributed by atoms with Crippen molar-refractivity contribution in [2.75, 3.05) is 31.1 Å². The van der Waals surface area contributed by atoms with Gasteiger partial charge in [0, 0.05) is 30.9 Å². The van der Waals surface area contributed by atoms with Crippen molar-refractivity contribution < 1.29 is 4.79 Å². The number of aryl methyl sites for hydroxylation is 1. The van der Waals surface area contributed by atoms with Gasteiger partial charge in [-0.1, -0.05) is 42.5 Å². The van der Waals surface area contributed by atoms with E-state index in [2.05, 4.69) is 65.1 Å². The Morgan fingerprint density at radius 2 is 2.00 bits per heavy atom. The number of nitrogens with one attached hydrogen (secondary N) is 1. The van der Waals surface area contributed by atoms with Crippen molar-refractivity contribution >= 4 is 17.4 Å². The minimum atomic E-state index is 0.143. The summed E-state index contributed by atoms with van der Waals surface area (Å²) in [5.74, 6) is 1.10. The van der Waals surface area contributed by atoms with Crippen LogP contribution in [0.3, 0.4) is 0 Å². The van der Waals surface area contributed by atoms with Crippen LogP contribution in [0.15, 0.2) is 60.1 Å².